The van der Waals surface area contributed by atoms with Crippen molar-refractivity contribution in [2.75, 3.05) is 5.32 Å². The van der Waals surface area contributed by atoms with Crippen molar-refractivity contribution in [1.82, 2.24) is 9.97 Å². The molecule has 1 unspecified atom stereocenters. The topological polar surface area (TPSA) is 80.9 Å². The third-order valence-electron chi connectivity index (χ3n) is 1.63. The third kappa shape index (κ3) is 2.77. The van der Waals surface area contributed by atoms with Crippen LogP contribution in [0.1, 0.15) is 18.3 Å². The number of aryl methyl sites for hydroxylation is 2. The van der Waals surface area contributed by atoms with Crippen molar-refractivity contribution < 1.29 is 4.79 Å². The molecule has 1 aromatic heterocycles. The number of amides is 1. The second kappa shape index (κ2) is 4.15. The van der Waals surface area contributed by atoms with E-state index in [1.807, 2.05) is 19.9 Å². The fourth-order valence-electron chi connectivity index (χ4n) is 1.01. The quantitative estimate of drug-likeness (QED) is 0.713. The molecule has 1 aromatic rings. The van der Waals surface area contributed by atoms with Gasteiger partial charge in [-0.2, -0.15) is 0 Å². The number of hydrogen-bond acceptors (Lipinski definition) is 4. The van der Waals surface area contributed by atoms with Gasteiger partial charge >= 0.3 is 0 Å². The summed E-state index contributed by atoms with van der Waals surface area (Å²) in [5, 5.41) is 2.54. The van der Waals surface area contributed by atoms with Crippen molar-refractivity contribution in [2.45, 2.75) is 26.8 Å². The number of aromatic nitrogens is 2. The summed E-state index contributed by atoms with van der Waals surface area (Å²) in [4.78, 5) is 19.3. The number of nitrogens with zero attached hydrogens (tertiary/aromatic N) is 2. The maximum Gasteiger partial charge on any atom is 0.243 e. The van der Waals surface area contributed by atoms with Crippen LogP contribution < -0.4 is 11.1 Å². The number of carbonyl (C=O) groups is 1. The van der Waals surface area contributed by atoms with Gasteiger partial charge in [-0.15, -0.1) is 0 Å². The van der Waals surface area contributed by atoms with Crippen molar-refractivity contribution in [1.29, 1.82) is 0 Å². The van der Waals surface area contributed by atoms with Crippen molar-refractivity contribution in [3.05, 3.63) is 17.5 Å². The van der Waals surface area contributed by atoms with Crippen LogP contribution in [0.5, 0.6) is 0 Å². The maximum absolute atomic E-state index is 11.2. The Morgan fingerprint density at radius 2 is 1.93 bits per heavy atom. The van der Waals surface area contributed by atoms with Crippen LogP contribution in [0.2, 0.25) is 0 Å². The van der Waals surface area contributed by atoms with Gasteiger partial charge in [0.05, 0.1) is 6.04 Å². The molecule has 14 heavy (non-hydrogen) atoms. The van der Waals surface area contributed by atoms with Crippen molar-refractivity contribution in [2.24, 2.45) is 5.73 Å². The molecular formula is C9H14N4O. The molecule has 76 valence electrons. The van der Waals surface area contributed by atoms with Gasteiger partial charge in [-0.3, -0.25) is 10.1 Å². The average molecular weight is 194 g/mol. The highest BCUT2D eigenvalue weighted by atomic mass is 16.2. The van der Waals surface area contributed by atoms with Crippen molar-refractivity contribution in [3.63, 3.8) is 0 Å². The van der Waals surface area contributed by atoms with Gasteiger partial charge in [-0.1, -0.05) is 0 Å². The Labute approximate surface area is 82.7 Å². The van der Waals surface area contributed by atoms with Crippen LogP contribution in [0.4, 0.5) is 5.95 Å². The summed E-state index contributed by atoms with van der Waals surface area (Å²) in [5.41, 5.74) is 7.03. The fourth-order valence-corrected chi connectivity index (χ4v) is 1.01. The molecule has 0 aliphatic heterocycles. The highest BCUT2D eigenvalue weighted by Gasteiger charge is 2.09. The highest BCUT2D eigenvalue weighted by Crippen LogP contribution is 2.03. The normalized spacial score (nSPS) is 12.3. The predicted molar refractivity (Wildman–Crippen MR) is 53.8 cm³/mol. The Balaban J connectivity index is 2.82. The van der Waals surface area contributed by atoms with E-state index >= 15 is 0 Å². The zero-order chi connectivity index (χ0) is 10.7. The summed E-state index contributed by atoms with van der Waals surface area (Å²) in [6.07, 6.45) is 0. The molecular weight excluding hydrogens is 180 g/mol. The van der Waals surface area contributed by atoms with Gasteiger partial charge in [0.1, 0.15) is 0 Å². The van der Waals surface area contributed by atoms with Crippen LogP contribution in [0, 0.1) is 13.8 Å². The van der Waals surface area contributed by atoms with Crippen LogP contribution in [-0.2, 0) is 4.79 Å². The SMILES string of the molecule is Cc1cc(C)nc(NC(=O)C(C)N)n1. The summed E-state index contributed by atoms with van der Waals surface area (Å²) < 4.78 is 0. The van der Waals surface area contributed by atoms with Crippen LogP contribution >= 0.6 is 0 Å². The van der Waals surface area contributed by atoms with Gasteiger partial charge in [-0.05, 0) is 26.8 Å². The molecule has 3 N–H and O–H groups in total. The van der Waals surface area contributed by atoms with Crippen LogP contribution in [-0.4, -0.2) is 21.9 Å². The van der Waals surface area contributed by atoms with Crippen LogP contribution in [0.25, 0.3) is 0 Å². The first-order valence-corrected chi connectivity index (χ1v) is 4.38. The maximum atomic E-state index is 11.2. The van der Waals surface area contributed by atoms with Crippen molar-refractivity contribution >= 4 is 11.9 Å². The lowest BCUT2D eigenvalue weighted by atomic mass is 10.3. The Hall–Kier alpha value is -1.49. The minimum atomic E-state index is -0.556. The second-order valence-corrected chi connectivity index (χ2v) is 3.25. The first-order valence-electron chi connectivity index (χ1n) is 4.38. The smallest absolute Gasteiger partial charge is 0.243 e. The van der Waals surface area contributed by atoms with Gasteiger partial charge < -0.3 is 5.73 Å². The molecule has 0 saturated heterocycles. The molecule has 1 rings (SSSR count). The zero-order valence-electron chi connectivity index (χ0n) is 8.53. The van der Waals surface area contributed by atoms with Gasteiger partial charge in [0.25, 0.3) is 0 Å². The van der Waals surface area contributed by atoms with Gasteiger partial charge in [-0.25, -0.2) is 9.97 Å². The number of nitrogens with two attached hydrogens (primary N) is 1. The van der Waals surface area contributed by atoms with E-state index in [4.69, 9.17) is 5.73 Å². The van der Waals surface area contributed by atoms with E-state index in [2.05, 4.69) is 15.3 Å². The first-order chi connectivity index (χ1) is 6.49. The largest absolute Gasteiger partial charge is 0.320 e. The summed E-state index contributed by atoms with van der Waals surface area (Å²) in [6.45, 7) is 5.30. The second-order valence-electron chi connectivity index (χ2n) is 3.25. The number of hydrogen-bond donors (Lipinski definition) is 2. The number of anilines is 1. The fraction of sp³-hybridized carbons (Fsp3) is 0.444. The molecule has 0 saturated carbocycles. The summed E-state index contributed by atoms with van der Waals surface area (Å²) in [5.74, 6) is 0.0276. The van der Waals surface area contributed by atoms with E-state index in [9.17, 15) is 4.79 Å². The Kier molecular flexibility index (Phi) is 3.14. The number of carbonyl (C=O) groups excluding carboxylic acids is 1. The molecule has 0 radical (unpaired) electrons. The molecule has 0 spiro atoms. The minimum absolute atomic E-state index is 0.282. The van der Waals surface area contributed by atoms with E-state index in [1.165, 1.54) is 0 Å². The highest BCUT2D eigenvalue weighted by molar-refractivity contribution is 5.92. The molecule has 0 aliphatic rings. The van der Waals surface area contributed by atoms with Crippen molar-refractivity contribution in [3.8, 4) is 0 Å². The zero-order valence-corrected chi connectivity index (χ0v) is 8.53. The Morgan fingerprint density at radius 3 is 2.36 bits per heavy atom. The minimum Gasteiger partial charge on any atom is -0.320 e. The van der Waals surface area contributed by atoms with E-state index in [-0.39, 0.29) is 5.91 Å². The number of rotatable bonds is 2. The molecule has 0 fully saturated rings. The molecule has 1 amide bonds. The monoisotopic (exact) mass is 194 g/mol. The Morgan fingerprint density at radius 1 is 1.43 bits per heavy atom. The number of nitrogens with one attached hydrogen (secondary N) is 1. The van der Waals surface area contributed by atoms with Gasteiger partial charge in [0.2, 0.25) is 11.9 Å². The van der Waals surface area contributed by atoms with Crippen LogP contribution in [0.15, 0.2) is 6.07 Å². The lowest BCUT2D eigenvalue weighted by molar-refractivity contribution is -0.117. The van der Waals surface area contributed by atoms with Gasteiger partial charge in [0.15, 0.2) is 0 Å². The standard InChI is InChI=1S/C9H14N4O/c1-5-4-6(2)12-9(11-5)13-8(14)7(3)10/h4,7H,10H2,1-3H3,(H,11,12,13,14). The predicted octanol–water partition coefficient (Wildman–Crippen LogP) is 0.379. The molecule has 0 bridgehead atoms. The third-order valence-corrected chi connectivity index (χ3v) is 1.63. The lowest BCUT2D eigenvalue weighted by Gasteiger charge is -2.07. The molecule has 5 heteroatoms. The first kappa shape index (κ1) is 10.6. The summed E-state index contributed by atoms with van der Waals surface area (Å²) in [6, 6.07) is 1.28. The molecule has 1 heterocycles. The molecule has 1 atom stereocenters. The van der Waals surface area contributed by atoms with E-state index in [0.29, 0.717) is 5.95 Å². The lowest BCUT2D eigenvalue weighted by Crippen LogP contribution is -2.33. The Bertz CT molecular complexity index is 328. The molecule has 0 aliphatic carbocycles. The average Bonchev–Trinajstić information content (AvgIpc) is 2.01. The van der Waals surface area contributed by atoms with E-state index in [0.717, 1.165) is 11.4 Å². The van der Waals surface area contributed by atoms with E-state index in [1.54, 1.807) is 6.92 Å². The van der Waals surface area contributed by atoms with E-state index < -0.39 is 6.04 Å². The summed E-state index contributed by atoms with van der Waals surface area (Å²) in [7, 11) is 0. The van der Waals surface area contributed by atoms with Gasteiger partial charge in [0, 0.05) is 11.4 Å². The molecule has 5 nitrogen and oxygen atoms in total. The molecule has 0 aromatic carbocycles. The summed E-state index contributed by atoms with van der Waals surface area (Å²) >= 11 is 0. The van der Waals surface area contributed by atoms with Crippen LogP contribution in [0.3, 0.4) is 0 Å².